The monoisotopic (exact) mass is 227 g/mol. The molecule has 1 aliphatic rings. The Morgan fingerprint density at radius 1 is 1.47 bits per heavy atom. The molecule has 0 aromatic heterocycles. The minimum atomic E-state index is -1.68. The lowest BCUT2D eigenvalue weighted by Crippen LogP contribution is -2.44. The Morgan fingerprint density at radius 3 is 2.47 bits per heavy atom. The Morgan fingerprint density at radius 2 is 2.07 bits per heavy atom. The SMILES string of the molecule is CC(C)(C)[Si](C)(C)OC[C@@H]1C=CC(=O)N1. The average Bonchev–Trinajstić information content (AvgIpc) is 2.46. The number of rotatable bonds is 3. The van der Waals surface area contributed by atoms with E-state index >= 15 is 0 Å². The summed E-state index contributed by atoms with van der Waals surface area (Å²) >= 11 is 0. The maximum atomic E-state index is 10.9. The highest BCUT2D eigenvalue weighted by Crippen LogP contribution is 2.36. The predicted octanol–water partition coefficient (Wildman–Crippen LogP) is 2.06. The molecule has 0 saturated carbocycles. The maximum Gasteiger partial charge on any atom is 0.244 e. The second-order valence-electron chi connectivity index (χ2n) is 5.55. The molecule has 1 N–H and O–H groups in total. The minimum Gasteiger partial charge on any atom is -0.414 e. The topological polar surface area (TPSA) is 38.3 Å². The lowest BCUT2D eigenvalue weighted by atomic mass is 10.2. The van der Waals surface area contributed by atoms with Gasteiger partial charge in [0.25, 0.3) is 0 Å². The van der Waals surface area contributed by atoms with Crippen molar-refractivity contribution in [2.75, 3.05) is 6.61 Å². The van der Waals surface area contributed by atoms with E-state index in [-0.39, 0.29) is 17.0 Å². The van der Waals surface area contributed by atoms with Crippen molar-refractivity contribution in [3.05, 3.63) is 12.2 Å². The summed E-state index contributed by atoms with van der Waals surface area (Å²) in [5.74, 6) is -0.0150. The van der Waals surface area contributed by atoms with E-state index in [1.165, 1.54) is 0 Å². The molecule has 0 radical (unpaired) electrons. The molecule has 0 fully saturated rings. The summed E-state index contributed by atoms with van der Waals surface area (Å²) in [6.07, 6.45) is 3.44. The van der Waals surface area contributed by atoms with E-state index in [0.29, 0.717) is 6.61 Å². The molecule has 15 heavy (non-hydrogen) atoms. The summed E-state index contributed by atoms with van der Waals surface area (Å²) in [6.45, 7) is 11.7. The summed E-state index contributed by atoms with van der Waals surface area (Å²) in [5, 5.41) is 3.05. The predicted molar refractivity (Wildman–Crippen MR) is 64.2 cm³/mol. The molecule has 4 heteroatoms. The fraction of sp³-hybridized carbons (Fsp3) is 0.727. The van der Waals surface area contributed by atoms with Crippen LogP contribution in [0.1, 0.15) is 20.8 Å². The molecule has 0 aromatic rings. The normalized spacial score (nSPS) is 21.9. The molecule has 1 rings (SSSR count). The third kappa shape index (κ3) is 3.17. The van der Waals surface area contributed by atoms with Gasteiger partial charge in [-0.15, -0.1) is 0 Å². The third-order valence-electron chi connectivity index (χ3n) is 3.24. The van der Waals surface area contributed by atoms with Gasteiger partial charge < -0.3 is 9.74 Å². The van der Waals surface area contributed by atoms with E-state index in [0.717, 1.165) is 0 Å². The number of nitrogens with one attached hydrogen (secondary N) is 1. The van der Waals surface area contributed by atoms with Gasteiger partial charge in [-0.2, -0.15) is 0 Å². The molecule has 0 bridgehead atoms. The highest BCUT2D eigenvalue weighted by atomic mass is 28.4. The van der Waals surface area contributed by atoms with Crippen molar-refractivity contribution in [3.63, 3.8) is 0 Å². The van der Waals surface area contributed by atoms with Crippen LogP contribution < -0.4 is 5.32 Å². The smallest absolute Gasteiger partial charge is 0.244 e. The van der Waals surface area contributed by atoms with Crippen LogP contribution in [-0.2, 0) is 9.22 Å². The Bertz CT molecular complexity index is 279. The van der Waals surface area contributed by atoms with E-state index < -0.39 is 8.32 Å². The first-order chi connectivity index (χ1) is 6.72. The van der Waals surface area contributed by atoms with Crippen LogP contribution in [-0.4, -0.2) is 26.9 Å². The molecule has 0 unspecified atom stereocenters. The second-order valence-corrected chi connectivity index (χ2v) is 10.4. The van der Waals surface area contributed by atoms with Crippen molar-refractivity contribution in [1.82, 2.24) is 5.32 Å². The standard InChI is InChI=1S/C11H21NO2Si/c1-11(2,3)15(4,5)14-8-9-6-7-10(13)12-9/h6-7,9H,8H2,1-5H3,(H,12,13)/t9-/m0/s1. The van der Waals surface area contributed by atoms with E-state index in [1.54, 1.807) is 6.08 Å². The lowest BCUT2D eigenvalue weighted by molar-refractivity contribution is -0.116. The number of hydrogen-bond acceptors (Lipinski definition) is 2. The van der Waals surface area contributed by atoms with Gasteiger partial charge in [0, 0.05) is 6.08 Å². The number of carbonyl (C=O) groups is 1. The molecule has 3 nitrogen and oxygen atoms in total. The number of hydrogen-bond donors (Lipinski definition) is 1. The number of amides is 1. The van der Waals surface area contributed by atoms with Gasteiger partial charge in [-0.1, -0.05) is 26.8 Å². The van der Waals surface area contributed by atoms with E-state index in [4.69, 9.17) is 4.43 Å². The zero-order valence-electron chi connectivity index (χ0n) is 10.3. The Kier molecular flexibility index (Phi) is 3.40. The molecule has 0 spiro atoms. The molecule has 1 aliphatic heterocycles. The van der Waals surface area contributed by atoms with Gasteiger partial charge >= 0.3 is 0 Å². The summed E-state index contributed by atoms with van der Waals surface area (Å²) < 4.78 is 6.00. The summed E-state index contributed by atoms with van der Waals surface area (Å²) in [7, 11) is -1.68. The van der Waals surface area contributed by atoms with Crippen LogP contribution in [0.3, 0.4) is 0 Å². The lowest BCUT2D eigenvalue weighted by Gasteiger charge is -2.36. The largest absolute Gasteiger partial charge is 0.414 e. The number of carbonyl (C=O) groups excluding carboxylic acids is 1. The second kappa shape index (κ2) is 4.10. The van der Waals surface area contributed by atoms with Gasteiger partial charge in [-0.3, -0.25) is 4.79 Å². The average molecular weight is 227 g/mol. The van der Waals surface area contributed by atoms with Gasteiger partial charge in [0.1, 0.15) is 0 Å². The molecular weight excluding hydrogens is 206 g/mol. The first-order valence-electron chi connectivity index (χ1n) is 5.35. The van der Waals surface area contributed by atoms with E-state index in [9.17, 15) is 4.79 Å². The van der Waals surface area contributed by atoms with Crippen LogP contribution in [0.4, 0.5) is 0 Å². The fourth-order valence-electron chi connectivity index (χ4n) is 1.09. The van der Waals surface area contributed by atoms with Crippen molar-refractivity contribution in [2.24, 2.45) is 0 Å². The molecule has 0 aliphatic carbocycles. The Labute approximate surface area is 93.0 Å². The van der Waals surface area contributed by atoms with Crippen molar-refractivity contribution >= 4 is 14.2 Å². The molecule has 0 saturated heterocycles. The molecule has 1 amide bonds. The van der Waals surface area contributed by atoms with Crippen molar-refractivity contribution in [2.45, 2.75) is 44.9 Å². The maximum absolute atomic E-state index is 10.9. The molecular formula is C11H21NO2Si. The zero-order valence-corrected chi connectivity index (χ0v) is 11.3. The van der Waals surface area contributed by atoms with Crippen LogP contribution in [0.25, 0.3) is 0 Å². The van der Waals surface area contributed by atoms with Crippen LogP contribution in [0, 0.1) is 0 Å². The molecule has 86 valence electrons. The van der Waals surface area contributed by atoms with Crippen LogP contribution >= 0.6 is 0 Å². The summed E-state index contributed by atoms with van der Waals surface area (Å²) in [5.41, 5.74) is 0. The fourth-order valence-corrected chi connectivity index (χ4v) is 2.12. The Hall–Kier alpha value is -0.613. The third-order valence-corrected chi connectivity index (χ3v) is 7.74. The first-order valence-corrected chi connectivity index (χ1v) is 8.26. The highest BCUT2D eigenvalue weighted by Gasteiger charge is 2.37. The van der Waals surface area contributed by atoms with Gasteiger partial charge in [-0.25, -0.2) is 0 Å². The minimum absolute atomic E-state index is 0.0150. The summed E-state index contributed by atoms with van der Waals surface area (Å²) in [6, 6.07) is 0.0617. The Balaban J connectivity index is 2.44. The molecule has 1 atom stereocenters. The van der Waals surface area contributed by atoms with Gasteiger partial charge in [0.2, 0.25) is 5.91 Å². The van der Waals surface area contributed by atoms with E-state index in [2.05, 4.69) is 39.2 Å². The van der Waals surface area contributed by atoms with Crippen molar-refractivity contribution in [1.29, 1.82) is 0 Å². The van der Waals surface area contributed by atoms with Crippen LogP contribution in [0.5, 0.6) is 0 Å². The van der Waals surface area contributed by atoms with Gasteiger partial charge in [-0.05, 0) is 18.1 Å². The van der Waals surface area contributed by atoms with Gasteiger partial charge in [0.05, 0.1) is 12.6 Å². The van der Waals surface area contributed by atoms with Crippen LogP contribution in [0.15, 0.2) is 12.2 Å². The van der Waals surface area contributed by atoms with Crippen molar-refractivity contribution < 1.29 is 9.22 Å². The van der Waals surface area contributed by atoms with Gasteiger partial charge in [0.15, 0.2) is 8.32 Å². The van der Waals surface area contributed by atoms with Crippen molar-refractivity contribution in [3.8, 4) is 0 Å². The highest BCUT2D eigenvalue weighted by molar-refractivity contribution is 6.74. The first kappa shape index (κ1) is 12.5. The molecule has 0 aromatic carbocycles. The molecule has 1 heterocycles. The zero-order chi connectivity index (χ0) is 11.7. The quantitative estimate of drug-likeness (QED) is 0.750. The van der Waals surface area contributed by atoms with Crippen LogP contribution in [0.2, 0.25) is 18.1 Å². The summed E-state index contributed by atoms with van der Waals surface area (Å²) in [4.78, 5) is 10.9. The van der Waals surface area contributed by atoms with E-state index in [1.807, 2.05) is 6.08 Å².